The molecule has 0 fully saturated rings. The maximum atomic E-state index is 12.7. The average molecular weight is 432 g/mol. The van der Waals surface area contributed by atoms with Crippen LogP contribution in [0.1, 0.15) is 12.5 Å². The molecule has 0 aliphatic carbocycles. The highest BCUT2D eigenvalue weighted by molar-refractivity contribution is 6.32. The van der Waals surface area contributed by atoms with Crippen LogP contribution < -0.4 is 9.47 Å². The first-order chi connectivity index (χ1) is 13.5. The number of carbonyl (C=O) groups excluding carboxylic acids is 1. The zero-order valence-corrected chi connectivity index (χ0v) is 15.5. The van der Waals surface area contributed by atoms with Crippen LogP contribution in [-0.4, -0.2) is 17.0 Å². The van der Waals surface area contributed by atoms with E-state index in [2.05, 4.69) is 11.3 Å². The monoisotopic (exact) mass is 431 g/mol. The maximum absolute atomic E-state index is 12.7. The molecule has 7 nitrogen and oxygen atoms in total. The Morgan fingerprint density at radius 1 is 1.24 bits per heavy atom. The lowest BCUT2D eigenvalue weighted by Gasteiger charge is -2.14. The number of carbonyl (C=O) groups is 1. The minimum absolute atomic E-state index is 0.0171. The molecular weight excluding hydrogens is 419 g/mol. The molecule has 1 unspecified atom stereocenters. The molecule has 0 saturated heterocycles. The van der Waals surface area contributed by atoms with Crippen LogP contribution in [0.5, 0.6) is 17.2 Å². The summed E-state index contributed by atoms with van der Waals surface area (Å²) in [7, 11) is 0. The first-order valence-corrected chi connectivity index (χ1v) is 8.22. The van der Waals surface area contributed by atoms with Crippen LogP contribution in [0, 0.1) is 10.1 Å². The van der Waals surface area contributed by atoms with Gasteiger partial charge < -0.3 is 14.2 Å². The zero-order chi connectivity index (χ0) is 21.8. The molecule has 0 N–H and O–H groups in total. The Morgan fingerprint density at radius 2 is 1.93 bits per heavy atom. The Morgan fingerprint density at radius 3 is 2.48 bits per heavy atom. The molecule has 2 aromatic carbocycles. The Hall–Kier alpha value is -3.27. The SMILES string of the molecule is C=COC(=O)C(C)Oc1cc(Oc2ccc(C(F)(F)F)cc2Cl)ccc1[N+](=O)[O-]. The van der Waals surface area contributed by atoms with Gasteiger partial charge in [0, 0.05) is 12.1 Å². The van der Waals surface area contributed by atoms with E-state index in [0.29, 0.717) is 6.07 Å². The molecule has 154 valence electrons. The van der Waals surface area contributed by atoms with Crippen molar-refractivity contribution in [3.63, 3.8) is 0 Å². The van der Waals surface area contributed by atoms with E-state index < -0.39 is 34.4 Å². The van der Waals surface area contributed by atoms with E-state index in [1.807, 2.05) is 0 Å². The van der Waals surface area contributed by atoms with Crippen LogP contribution in [0.25, 0.3) is 0 Å². The summed E-state index contributed by atoms with van der Waals surface area (Å²) in [6.07, 6.45) is -4.91. The van der Waals surface area contributed by atoms with E-state index in [1.54, 1.807) is 0 Å². The lowest BCUT2D eigenvalue weighted by Crippen LogP contribution is -2.24. The van der Waals surface area contributed by atoms with Gasteiger partial charge in [-0.3, -0.25) is 10.1 Å². The molecule has 0 aliphatic heterocycles. The van der Waals surface area contributed by atoms with Crippen molar-refractivity contribution in [1.29, 1.82) is 0 Å². The summed E-state index contributed by atoms with van der Waals surface area (Å²) >= 11 is 5.83. The third-order valence-electron chi connectivity index (χ3n) is 3.45. The summed E-state index contributed by atoms with van der Waals surface area (Å²) < 4.78 is 53.4. The lowest BCUT2D eigenvalue weighted by molar-refractivity contribution is -0.386. The van der Waals surface area contributed by atoms with E-state index >= 15 is 0 Å². The van der Waals surface area contributed by atoms with Gasteiger partial charge in [0.1, 0.15) is 11.5 Å². The largest absolute Gasteiger partial charge is 0.472 e. The molecule has 0 amide bonds. The number of hydrogen-bond acceptors (Lipinski definition) is 6. The first kappa shape index (κ1) is 22.0. The van der Waals surface area contributed by atoms with Crippen molar-refractivity contribution in [3.8, 4) is 17.2 Å². The van der Waals surface area contributed by atoms with Crippen molar-refractivity contribution in [3.05, 3.63) is 69.9 Å². The molecule has 2 rings (SSSR count). The van der Waals surface area contributed by atoms with Gasteiger partial charge in [-0.25, -0.2) is 4.79 Å². The number of nitrogens with zero attached hydrogens (tertiary/aromatic N) is 1. The van der Waals surface area contributed by atoms with Gasteiger partial charge in [-0.15, -0.1) is 0 Å². The Labute approximate surface area is 167 Å². The van der Waals surface area contributed by atoms with E-state index in [-0.39, 0.29) is 22.3 Å². The Bertz CT molecular complexity index is 948. The fourth-order valence-electron chi connectivity index (χ4n) is 2.11. The predicted molar refractivity (Wildman–Crippen MR) is 96.0 cm³/mol. The topological polar surface area (TPSA) is 87.9 Å². The average Bonchev–Trinajstić information content (AvgIpc) is 2.62. The van der Waals surface area contributed by atoms with Crippen LogP contribution in [0.2, 0.25) is 5.02 Å². The number of nitro benzene ring substituents is 1. The zero-order valence-electron chi connectivity index (χ0n) is 14.7. The van der Waals surface area contributed by atoms with Gasteiger partial charge in [0.25, 0.3) is 0 Å². The van der Waals surface area contributed by atoms with Crippen LogP contribution in [-0.2, 0) is 15.7 Å². The fraction of sp³-hybridized carbons (Fsp3) is 0.167. The molecule has 0 saturated carbocycles. The summed E-state index contributed by atoms with van der Waals surface area (Å²) in [4.78, 5) is 22.1. The van der Waals surface area contributed by atoms with E-state index in [4.69, 9.17) is 21.1 Å². The van der Waals surface area contributed by atoms with E-state index in [0.717, 1.165) is 30.5 Å². The number of hydrogen-bond donors (Lipinski definition) is 0. The second-order valence-corrected chi connectivity index (χ2v) is 5.90. The van der Waals surface area contributed by atoms with Crippen LogP contribution in [0.15, 0.2) is 49.2 Å². The highest BCUT2D eigenvalue weighted by Gasteiger charge is 2.31. The molecule has 0 heterocycles. The molecular formula is C18H13ClF3NO6. The van der Waals surface area contributed by atoms with E-state index in [9.17, 15) is 28.1 Å². The van der Waals surface area contributed by atoms with Gasteiger partial charge in [-0.05, 0) is 31.2 Å². The highest BCUT2D eigenvalue weighted by Crippen LogP contribution is 2.38. The second kappa shape index (κ2) is 8.82. The van der Waals surface area contributed by atoms with Gasteiger partial charge in [0.2, 0.25) is 5.75 Å². The minimum atomic E-state index is -4.58. The van der Waals surface area contributed by atoms with Crippen molar-refractivity contribution in [2.45, 2.75) is 19.2 Å². The summed E-state index contributed by atoms with van der Waals surface area (Å²) in [5.74, 6) is -1.29. The number of rotatable bonds is 7. The number of nitro groups is 1. The number of esters is 1. The third kappa shape index (κ3) is 5.61. The summed E-state index contributed by atoms with van der Waals surface area (Å²) in [6, 6.07) is 5.82. The molecule has 0 bridgehead atoms. The Kier molecular flexibility index (Phi) is 6.70. The third-order valence-corrected chi connectivity index (χ3v) is 3.75. The number of halogens is 4. The standard InChI is InChI=1S/C18H13ClF3NO6/c1-3-27-17(24)10(2)28-16-9-12(5-6-14(16)23(25)26)29-15-7-4-11(8-13(15)19)18(20,21)22/h3-10H,1H2,2H3. The molecule has 0 radical (unpaired) electrons. The molecule has 0 aliphatic rings. The van der Waals surface area contributed by atoms with Crippen LogP contribution in [0.4, 0.5) is 18.9 Å². The van der Waals surface area contributed by atoms with Gasteiger partial charge in [0.05, 0.1) is 21.8 Å². The summed E-state index contributed by atoms with van der Waals surface area (Å²) in [6.45, 7) is 4.52. The van der Waals surface area contributed by atoms with Crippen molar-refractivity contribution >= 4 is 23.3 Å². The second-order valence-electron chi connectivity index (χ2n) is 5.50. The highest BCUT2D eigenvalue weighted by atomic mass is 35.5. The van der Waals surface area contributed by atoms with Crippen LogP contribution >= 0.6 is 11.6 Å². The maximum Gasteiger partial charge on any atom is 0.416 e. The van der Waals surface area contributed by atoms with E-state index in [1.165, 1.54) is 13.0 Å². The quantitative estimate of drug-likeness (QED) is 0.248. The normalized spacial score (nSPS) is 12.0. The molecule has 0 aromatic heterocycles. The summed E-state index contributed by atoms with van der Waals surface area (Å²) in [5.41, 5.74) is -1.42. The van der Waals surface area contributed by atoms with Crippen LogP contribution in [0.3, 0.4) is 0 Å². The molecule has 0 spiro atoms. The molecule has 1 atom stereocenters. The van der Waals surface area contributed by atoms with Crippen molar-refractivity contribution < 1.29 is 37.1 Å². The molecule has 29 heavy (non-hydrogen) atoms. The van der Waals surface area contributed by atoms with Crippen molar-refractivity contribution in [2.75, 3.05) is 0 Å². The lowest BCUT2D eigenvalue weighted by atomic mass is 10.2. The number of benzene rings is 2. The number of ether oxygens (including phenoxy) is 3. The van der Waals surface area contributed by atoms with Crippen molar-refractivity contribution in [1.82, 2.24) is 0 Å². The number of alkyl halides is 3. The molecule has 11 heteroatoms. The van der Waals surface area contributed by atoms with Gasteiger partial charge in [-0.2, -0.15) is 13.2 Å². The first-order valence-electron chi connectivity index (χ1n) is 7.84. The van der Waals surface area contributed by atoms with Gasteiger partial charge in [-0.1, -0.05) is 18.2 Å². The van der Waals surface area contributed by atoms with Gasteiger partial charge >= 0.3 is 17.8 Å². The smallest absolute Gasteiger partial charge is 0.416 e. The van der Waals surface area contributed by atoms with Gasteiger partial charge in [0.15, 0.2) is 6.10 Å². The van der Waals surface area contributed by atoms with Crippen molar-refractivity contribution in [2.24, 2.45) is 0 Å². The Balaban J connectivity index is 2.32. The fourth-order valence-corrected chi connectivity index (χ4v) is 2.33. The summed E-state index contributed by atoms with van der Waals surface area (Å²) in [5, 5.41) is 10.9. The minimum Gasteiger partial charge on any atom is -0.472 e. The predicted octanol–water partition coefficient (Wildman–Crippen LogP) is 5.51. The molecule has 2 aromatic rings.